The van der Waals surface area contributed by atoms with E-state index in [1.165, 1.54) is 5.56 Å². The maximum atomic E-state index is 12.1. The highest BCUT2D eigenvalue weighted by Crippen LogP contribution is 2.24. The van der Waals surface area contributed by atoms with Crippen molar-refractivity contribution in [2.45, 2.75) is 26.7 Å². The fourth-order valence-corrected chi connectivity index (χ4v) is 2.12. The van der Waals surface area contributed by atoms with Crippen molar-refractivity contribution in [3.8, 4) is 5.75 Å². The Balaban J connectivity index is 2.07. The first-order chi connectivity index (χ1) is 9.97. The molecule has 0 spiro atoms. The van der Waals surface area contributed by atoms with Crippen LogP contribution < -0.4 is 4.74 Å². The fourth-order valence-electron chi connectivity index (χ4n) is 1.99. The second kappa shape index (κ2) is 6.77. The first kappa shape index (κ1) is 15.6. The summed E-state index contributed by atoms with van der Waals surface area (Å²) in [5.41, 5.74) is 2.84. The molecule has 0 N–H and O–H groups in total. The average molecular weight is 303 g/mol. The van der Waals surface area contributed by atoms with Gasteiger partial charge in [0.25, 0.3) is 0 Å². The maximum absolute atomic E-state index is 12.1. The SMILES string of the molecule is Cc1ccc(C(C)C)cc1OCC(=O)c1ccc(Cl)cc1. The van der Waals surface area contributed by atoms with Crippen molar-refractivity contribution in [3.63, 3.8) is 0 Å². The van der Waals surface area contributed by atoms with E-state index in [2.05, 4.69) is 19.9 Å². The molecular formula is C18H19ClO2. The van der Waals surface area contributed by atoms with Gasteiger partial charge in [0.15, 0.2) is 12.4 Å². The Labute approximate surface area is 130 Å². The van der Waals surface area contributed by atoms with E-state index < -0.39 is 0 Å². The van der Waals surface area contributed by atoms with Crippen LogP contribution in [0, 0.1) is 6.92 Å². The van der Waals surface area contributed by atoms with Crippen molar-refractivity contribution in [1.82, 2.24) is 0 Å². The van der Waals surface area contributed by atoms with E-state index in [1.807, 2.05) is 19.1 Å². The molecule has 0 aromatic heterocycles. The van der Waals surface area contributed by atoms with Crippen molar-refractivity contribution in [1.29, 1.82) is 0 Å². The van der Waals surface area contributed by atoms with Gasteiger partial charge in [-0.1, -0.05) is 37.6 Å². The molecule has 2 rings (SSSR count). The zero-order chi connectivity index (χ0) is 15.4. The summed E-state index contributed by atoms with van der Waals surface area (Å²) >= 11 is 5.81. The van der Waals surface area contributed by atoms with Gasteiger partial charge in [-0.25, -0.2) is 0 Å². The third kappa shape index (κ3) is 4.08. The van der Waals surface area contributed by atoms with Gasteiger partial charge in [0.05, 0.1) is 0 Å². The van der Waals surface area contributed by atoms with Crippen molar-refractivity contribution >= 4 is 17.4 Å². The van der Waals surface area contributed by atoms with Crippen LogP contribution in [-0.4, -0.2) is 12.4 Å². The van der Waals surface area contributed by atoms with Gasteiger partial charge in [0, 0.05) is 10.6 Å². The molecule has 0 bridgehead atoms. The highest BCUT2D eigenvalue weighted by Gasteiger charge is 2.09. The second-order valence-electron chi connectivity index (χ2n) is 5.40. The number of carbonyl (C=O) groups excluding carboxylic acids is 1. The standard InChI is InChI=1S/C18H19ClO2/c1-12(2)15-5-4-13(3)18(10-15)21-11-17(20)14-6-8-16(19)9-7-14/h4-10,12H,11H2,1-3H3. The lowest BCUT2D eigenvalue weighted by atomic mass is 10.0. The smallest absolute Gasteiger partial charge is 0.200 e. The zero-order valence-electron chi connectivity index (χ0n) is 12.5. The summed E-state index contributed by atoms with van der Waals surface area (Å²) in [6.07, 6.45) is 0. The summed E-state index contributed by atoms with van der Waals surface area (Å²) in [6, 6.07) is 13.0. The van der Waals surface area contributed by atoms with Crippen LogP contribution in [0.1, 0.15) is 41.3 Å². The molecule has 0 aliphatic heterocycles. The topological polar surface area (TPSA) is 26.3 Å². The van der Waals surface area contributed by atoms with Crippen LogP contribution in [-0.2, 0) is 0 Å². The minimum absolute atomic E-state index is 0.0318. The Bertz CT molecular complexity index is 630. The molecule has 110 valence electrons. The molecule has 0 heterocycles. The van der Waals surface area contributed by atoms with Gasteiger partial charge in [-0.05, 0) is 54.3 Å². The quantitative estimate of drug-likeness (QED) is 0.724. The molecule has 21 heavy (non-hydrogen) atoms. The van der Waals surface area contributed by atoms with E-state index in [4.69, 9.17) is 16.3 Å². The Morgan fingerprint density at radius 3 is 2.43 bits per heavy atom. The summed E-state index contributed by atoms with van der Waals surface area (Å²) in [5.74, 6) is 1.14. The van der Waals surface area contributed by atoms with Crippen LogP contribution in [0.2, 0.25) is 5.02 Å². The maximum Gasteiger partial charge on any atom is 0.200 e. The first-order valence-corrected chi connectivity index (χ1v) is 7.37. The van der Waals surface area contributed by atoms with Crippen LogP contribution in [0.5, 0.6) is 5.75 Å². The summed E-state index contributed by atoms with van der Waals surface area (Å²) in [7, 11) is 0. The predicted octanol–water partition coefficient (Wildman–Crippen LogP) is 5.03. The van der Waals surface area contributed by atoms with E-state index in [-0.39, 0.29) is 12.4 Å². The van der Waals surface area contributed by atoms with E-state index >= 15 is 0 Å². The Hall–Kier alpha value is -1.80. The van der Waals surface area contributed by atoms with Crippen molar-refractivity contribution in [2.75, 3.05) is 6.61 Å². The Kier molecular flexibility index (Phi) is 5.03. The highest BCUT2D eigenvalue weighted by atomic mass is 35.5. The fraction of sp³-hybridized carbons (Fsp3) is 0.278. The number of halogens is 1. The highest BCUT2D eigenvalue weighted by molar-refractivity contribution is 6.30. The van der Waals surface area contributed by atoms with Crippen molar-refractivity contribution in [2.24, 2.45) is 0 Å². The third-order valence-electron chi connectivity index (χ3n) is 3.40. The number of carbonyl (C=O) groups is 1. The lowest BCUT2D eigenvalue weighted by molar-refractivity contribution is 0.0921. The summed E-state index contributed by atoms with van der Waals surface area (Å²) in [4.78, 5) is 12.1. The monoisotopic (exact) mass is 302 g/mol. The minimum atomic E-state index is -0.0546. The largest absolute Gasteiger partial charge is 0.485 e. The second-order valence-corrected chi connectivity index (χ2v) is 5.83. The molecule has 0 unspecified atom stereocenters. The van der Waals surface area contributed by atoms with Gasteiger partial charge in [0.1, 0.15) is 5.75 Å². The zero-order valence-corrected chi connectivity index (χ0v) is 13.3. The molecule has 2 nitrogen and oxygen atoms in total. The normalized spacial score (nSPS) is 10.7. The van der Waals surface area contributed by atoms with Crippen LogP contribution in [0.3, 0.4) is 0 Å². The van der Waals surface area contributed by atoms with Gasteiger partial charge in [-0.3, -0.25) is 4.79 Å². The van der Waals surface area contributed by atoms with Gasteiger partial charge in [0.2, 0.25) is 0 Å². The van der Waals surface area contributed by atoms with Gasteiger partial charge in [-0.15, -0.1) is 0 Å². The summed E-state index contributed by atoms with van der Waals surface area (Å²) in [5, 5.41) is 0.618. The third-order valence-corrected chi connectivity index (χ3v) is 3.66. The molecule has 2 aromatic carbocycles. The van der Waals surface area contributed by atoms with Crippen LogP contribution >= 0.6 is 11.6 Å². The molecule has 0 aliphatic rings. The number of hydrogen-bond acceptors (Lipinski definition) is 2. The molecule has 2 aromatic rings. The van der Waals surface area contributed by atoms with E-state index in [0.29, 0.717) is 16.5 Å². The van der Waals surface area contributed by atoms with Crippen LogP contribution in [0.4, 0.5) is 0 Å². The Morgan fingerprint density at radius 1 is 1.14 bits per heavy atom. The molecule has 0 fully saturated rings. The molecule has 3 heteroatoms. The number of rotatable bonds is 5. The molecule has 0 atom stereocenters. The molecular weight excluding hydrogens is 284 g/mol. The van der Waals surface area contributed by atoms with Gasteiger partial charge < -0.3 is 4.74 Å². The molecule has 0 saturated carbocycles. The molecule has 0 amide bonds. The van der Waals surface area contributed by atoms with E-state index in [1.54, 1.807) is 24.3 Å². The van der Waals surface area contributed by atoms with Crippen LogP contribution in [0.15, 0.2) is 42.5 Å². The van der Waals surface area contributed by atoms with E-state index in [0.717, 1.165) is 11.3 Å². The number of Topliss-reactive ketones (excluding diaryl/α,β-unsaturated/α-hetero) is 1. The van der Waals surface area contributed by atoms with E-state index in [9.17, 15) is 4.79 Å². The average Bonchev–Trinajstić information content (AvgIpc) is 2.46. The van der Waals surface area contributed by atoms with Crippen molar-refractivity contribution in [3.05, 3.63) is 64.2 Å². The number of ketones is 1. The lowest BCUT2D eigenvalue weighted by Gasteiger charge is -2.12. The Morgan fingerprint density at radius 2 is 1.81 bits per heavy atom. The number of ether oxygens (including phenoxy) is 1. The number of aryl methyl sites for hydroxylation is 1. The minimum Gasteiger partial charge on any atom is -0.485 e. The lowest BCUT2D eigenvalue weighted by Crippen LogP contribution is -2.12. The summed E-state index contributed by atoms with van der Waals surface area (Å²) in [6.45, 7) is 6.27. The van der Waals surface area contributed by atoms with Gasteiger partial charge >= 0.3 is 0 Å². The first-order valence-electron chi connectivity index (χ1n) is 6.99. The molecule has 0 aliphatic carbocycles. The summed E-state index contributed by atoms with van der Waals surface area (Å²) < 4.78 is 5.69. The molecule has 0 radical (unpaired) electrons. The predicted molar refractivity (Wildman–Crippen MR) is 86.5 cm³/mol. The number of benzene rings is 2. The van der Waals surface area contributed by atoms with Crippen LogP contribution in [0.25, 0.3) is 0 Å². The van der Waals surface area contributed by atoms with Crippen molar-refractivity contribution < 1.29 is 9.53 Å². The molecule has 0 saturated heterocycles. The number of hydrogen-bond donors (Lipinski definition) is 0. The van der Waals surface area contributed by atoms with Gasteiger partial charge in [-0.2, -0.15) is 0 Å².